The van der Waals surface area contributed by atoms with Crippen LogP contribution in [0, 0.1) is 11.2 Å². The van der Waals surface area contributed by atoms with Crippen LogP contribution in [0.1, 0.15) is 35.2 Å². The third-order valence-electron chi connectivity index (χ3n) is 3.66. The first kappa shape index (κ1) is 15.8. The van der Waals surface area contributed by atoms with Crippen molar-refractivity contribution in [2.75, 3.05) is 12.9 Å². The van der Waals surface area contributed by atoms with E-state index in [1.807, 2.05) is 0 Å². The number of aromatic carboxylic acids is 1. The lowest BCUT2D eigenvalue weighted by Gasteiger charge is -2.13. The van der Waals surface area contributed by atoms with Crippen LogP contribution in [0.5, 0.6) is 0 Å². The van der Waals surface area contributed by atoms with E-state index in [2.05, 4.69) is 4.74 Å². The number of benzene rings is 1. The summed E-state index contributed by atoms with van der Waals surface area (Å²) in [6, 6.07) is 3.80. The molecule has 0 amide bonds. The average Bonchev–Trinajstić information content (AvgIpc) is 3.20. The first-order valence-electron chi connectivity index (χ1n) is 6.62. The van der Waals surface area contributed by atoms with E-state index in [1.165, 1.54) is 37.1 Å². The van der Waals surface area contributed by atoms with Crippen molar-refractivity contribution in [1.29, 1.82) is 0 Å². The van der Waals surface area contributed by atoms with Gasteiger partial charge in [0, 0.05) is 5.75 Å². The van der Waals surface area contributed by atoms with Gasteiger partial charge in [0.1, 0.15) is 5.82 Å². The molecule has 1 aliphatic carbocycles. The maximum Gasteiger partial charge on any atom is 0.335 e. The third kappa shape index (κ3) is 4.20. The Bertz CT molecular complexity index is 555. The number of halogens is 1. The molecule has 0 aromatic heterocycles. The molecule has 1 aromatic rings. The molecule has 0 heterocycles. The highest BCUT2D eigenvalue weighted by Crippen LogP contribution is 2.51. The predicted molar refractivity (Wildman–Crippen MR) is 77.8 cm³/mol. The third-order valence-corrected chi connectivity index (χ3v) is 4.99. The maximum atomic E-state index is 13.7. The minimum absolute atomic E-state index is 0.0152. The summed E-state index contributed by atoms with van der Waals surface area (Å²) in [4.78, 5) is 22.2. The smallest absolute Gasteiger partial charge is 0.335 e. The fourth-order valence-corrected chi connectivity index (χ4v) is 3.49. The highest BCUT2D eigenvalue weighted by molar-refractivity contribution is 7.98. The zero-order valence-corrected chi connectivity index (χ0v) is 12.5. The molecule has 1 aromatic carbocycles. The van der Waals surface area contributed by atoms with Crippen molar-refractivity contribution in [3.8, 4) is 0 Å². The Morgan fingerprint density at radius 3 is 2.71 bits per heavy atom. The Kier molecular flexibility index (Phi) is 4.88. The van der Waals surface area contributed by atoms with E-state index in [0.29, 0.717) is 17.7 Å². The monoisotopic (exact) mass is 312 g/mol. The molecule has 0 bridgehead atoms. The molecule has 0 spiro atoms. The normalized spacial score (nSPS) is 15.5. The van der Waals surface area contributed by atoms with Gasteiger partial charge in [-0.25, -0.2) is 9.18 Å². The number of carboxylic acid groups (broad SMARTS) is 1. The van der Waals surface area contributed by atoms with Crippen LogP contribution in [0.3, 0.4) is 0 Å². The number of ether oxygens (including phenoxy) is 1. The maximum absolute atomic E-state index is 13.7. The van der Waals surface area contributed by atoms with E-state index in [0.717, 1.165) is 18.6 Å². The van der Waals surface area contributed by atoms with E-state index >= 15 is 0 Å². The molecule has 0 unspecified atom stereocenters. The second-order valence-corrected chi connectivity index (χ2v) is 6.34. The number of carbonyl (C=O) groups is 2. The highest BCUT2D eigenvalue weighted by Gasteiger charge is 2.44. The number of hydrogen-bond acceptors (Lipinski definition) is 4. The van der Waals surface area contributed by atoms with Crippen molar-refractivity contribution in [2.45, 2.75) is 25.0 Å². The molecule has 114 valence electrons. The van der Waals surface area contributed by atoms with Crippen LogP contribution in [0.2, 0.25) is 0 Å². The van der Waals surface area contributed by atoms with Crippen LogP contribution >= 0.6 is 11.8 Å². The van der Waals surface area contributed by atoms with Crippen LogP contribution in [-0.2, 0) is 15.3 Å². The predicted octanol–water partition coefficient (Wildman–Crippen LogP) is 3.10. The molecule has 1 aliphatic rings. The summed E-state index contributed by atoms with van der Waals surface area (Å²) < 4.78 is 18.3. The largest absolute Gasteiger partial charge is 0.478 e. The van der Waals surface area contributed by atoms with Crippen molar-refractivity contribution in [3.05, 3.63) is 35.1 Å². The topological polar surface area (TPSA) is 63.6 Å². The van der Waals surface area contributed by atoms with Crippen molar-refractivity contribution in [2.24, 2.45) is 5.41 Å². The SMILES string of the molecule is COC(=O)CC1(CSCc2cc(C(=O)O)ccc2F)CC1. The van der Waals surface area contributed by atoms with Gasteiger partial charge in [-0.2, -0.15) is 11.8 Å². The molecule has 6 heteroatoms. The van der Waals surface area contributed by atoms with Crippen LogP contribution in [0.4, 0.5) is 4.39 Å². The average molecular weight is 312 g/mol. The molecular weight excluding hydrogens is 295 g/mol. The van der Waals surface area contributed by atoms with Gasteiger partial charge in [0.25, 0.3) is 0 Å². The summed E-state index contributed by atoms with van der Waals surface area (Å²) in [7, 11) is 1.37. The number of carbonyl (C=O) groups excluding carboxylic acids is 1. The molecule has 0 radical (unpaired) electrons. The molecule has 4 nitrogen and oxygen atoms in total. The van der Waals surface area contributed by atoms with Crippen LogP contribution < -0.4 is 0 Å². The van der Waals surface area contributed by atoms with Crippen molar-refractivity contribution < 1.29 is 23.8 Å². The number of hydrogen-bond donors (Lipinski definition) is 1. The molecule has 1 saturated carbocycles. The molecule has 0 aliphatic heterocycles. The highest BCUT2D eigenvalue weighted by atomic mass is 32.2. The molecule has 21 heavy (non-hydrogen) atoms. The van der Waals surface area contributed by atoms with Gasteiger partial charge in [-0.3, -0.25) is 4.79 Å². The van der Waals surface area contributed by atoms with Gasteiger partial charge in [-0.15, -0.1) is 0 Å². The lowest BCUT2D eigenvalue weighted by Crippen LogP contribution is -2.13. The van der Waals surface area contributed by atoms with Crippen molar-refractivity contribution in [3.63, 3.8) is 0 Å². The lowest BCUT2D eigenvalue weighted by atomic mass is 10.1. The Hall–Kier alpha value is -1.56. The fourth-order valence-electron chi connectivity index (χ4n) is 2.12. The van der Waals surface area contributed by atoms with Crippen LogP contribution in [0.15, 0.2) is 18.2 Å². The van der Waals surface area contributed by atoms with E-state index in [9.17, 15) is 14.0 Å². The fraction of sp³-hybridized carbons (Fsp3) is 0.467. The lowest BCUT2D eigenvalue weighted by molar-refractivity contribution is -0.141. The molecule has 1 N–H and O–H groups in total. The van der Waals surface area contributed by atoms with E-state index in [1.54, 1.807) is 0 Å². The van der Waals surface area contributed by atoms with Crippen molar-refractivity contribution in [1.82, 2.24) is 0 Å². The summed E-state index contributed by atoms with van der Waals surface area (Å²) in [6.45, 7) is 0. The van der Waals surface area contributed by atoms with E-state index in [-0.39, 0.29) is 16.9 Å². The standard InChI is InChI=1S/C15H17FO4S/c1-20-13(17)7-15(4-5-15)9-21-8-11-6-10(14(18)19)2-3-12(11)16/h2-3,6H,4-5,7-9H2,1H3,(H,18,19). The summed E-state index contributed by atoms with van der Waals surface area (Å²) >= 11 is 1.52. The summed E-state index contributed by atoms with van der Waals surface area (Å²) in [6.07, 6.45) is 2.35. The second kappa shape index (κ2) is 6.47. The molecular formula is C15H17FO4S. The van der Waals surface area contributed by atoms with Gasteiger partial charge in [0.2, 0.25) is 0 Å². The minimum atomic E-state index is -1.06. The van der Waals surface area contributed by atoms with E-state index < -0.39 is 11.8 Å². The Labute approximate surface area is 126 Å². The van der Waals surface area contributed by atoms with Gasteiger partial charge in [0.05, 0.1) is 19.1 Å². The minimum Gasteiger partial charge on any atom is -0.478 e. The molecule has 0 atom stereocenters. The number of esters is 1. The van der Waals surface area contributed by atoms with Gasteiger partial charge in [0.15, 0.2) is 0 Å². The van der Waals surface area contributed by atoms with Gasteiger partial charge in [-0.1, -0.05) is 0 Å². The number of carboxylic acids is 1. The quantitative estimate of drug-likeness (QED) is 0.784. The van der Waals surface area contributed by atoms with Gasteiger partial charge < -0.3 is 9.84 Å². The van der Waals surface area contributed by atoms with Crippen molar-refractivity contribution >= 4 is 23.7 Å². The summed E-state index contributed by atoms with van der Waals surface area (Å²) in [5.74, 6) is -0.530. The first-order valence-corrected chi connectivity index (χ1v) is 7.77. The van der Waals surface area contributed by atoms with Gasteiger partial charge >= 0.3 is 11.9 Å². The van der Waals surface area contributed by atoms with Gasteiger partial charge in [-0.05, 0) is 47.8 Å². The zero-order chi connectivity index (χ0) is 15.5. The first-order chi connectivity index (χ1) is 9.96. The Morgan fingerprint density at radius 2 is 2.14 bits per heavy atom. The number of thioether (sulfide) groups is 1. The molecule has 1 fully saturated rings. The summed E-state index contributed by atoms with van der Waals surface area (Å²) in [5.41, 5.74) is 0.454. The van der Waals surface area contributed by atoms with E-state index in [4.69, 9.17) is 5.11 Å². The van der Waals surface area contributed by atoms with Crippen LogP contribution in [0.25, 0.3) is 0 Å². The zero-order valence-electron chi connectivity index (χ0n) is 11.7. The Morgan fingerprint density at radius 1 is 1.43 bits per heavy atom. The van der Waals surface area contributed by atoms with Crippen LogP contribution in [-0.4, -0.2) is 29.9 Å². The number of methoxy groups -OCH3 is 1. The second-order valence-electron chi connectivity index (χ2n) is 5.36. The summed E-state index contributed by atoms with van der Waals surface area (Å²) in [5, 5.41) is 8.91. The molecule has 2 rings (SSSR count). The Balaban J connectivity index is 1.90. The number of rotatable bonds is 7. The molecule has 0 saturated heterocycles.